The number of quaternary nitrogens is 1. The van der Waals surface area contributed by atoms with E-state index in [9.17, 15) is 4.79 Å². The normalized spacial score (nSPS) is 29.2. The van der Waals surface area contributed by atoms with Gasteiger partial charge in [0, 0.05) is 24.0 Å². The van der Waals surface area contributed by atoms with Crippen LogP contribution in [0.3, 0.4) is 0 Å². The number of esters is 1. The molecule has 0 N–H and O–H groups in total. The monoisotopic (exact) mass is 344 g/mol. The maximum Gasteiger partial charge on any atom is 0.330 e. The molecule has 1 aromatic rings. The molecular weight excluding hydrogens is 314 g/mol. The van der Waals surface area contributed by atoms with Gasteiger partial charge in [0.15, 0.2) is 0 Å². The summed E-state index contributed by atoms with van der Waals surface area (Å²) in [6.07, 6.45) is 9.63. The van der Waals surface area contributed by atoms with E-state index in [2.05, 4.69) is 7.05 Å². The molecule has 4 nitrogen and oxygen atoms in total. The predicted molar refractivity (Wildman–Crippen MR) is 99.3 cm³/mol. The number of fused-ring (bicyclic) bond motifs is 1. The van der Waals surface area contributed by atoms with Gasteiger partial charge in [0.25, 0.3) is 0 Å². The minimum atomic E-state index is -0.263. The number of piperidine rings is 2. The summed E-state index contributed by atoms with van der Waals surface area (Å²) in [6, 6.07) is 8.31. The van der Waals surface area contributed by atoms with Gasteiger partial charge in [-0.1, -0.05) is 18.2 Å². The molecule has 25 heavy (non-hydrogen) atoms. The lowest BCUT2D eigenvalue weighted by Gasteiger charge is -2.51. The van der Waals surface area contributed by atoms with Crippen LogP contribution in [0.1, 0.15) is 37.7 Å². The molecule has 1 aromatic carbocycles. The molecule has 2 aliphatic heterocycles. The molecule has 0 aliphatic carbocycles. The number of hydrogen-bond donors (Lipinski definition) is 0. The van der Waals surface area contributed by atoms with Crippen LogP contribution in [0.5, 0.6) is 5.75 Å². The summed E-state index contributed by atoms with van der Waals surface area (Å²) in [7, 11) is 4.02. The van der Waals surface area contributed by atoms with Crippen molar-refractivity contribution in [2.24, 2.45) is 5.92 Å². The number of hydrogen-bond acceptors (Lipinski definition) is 3. The van der Waals surface area contributed by atoms with Crippen LogP contribution in [0.4, 0.5) is 0 Å². The van der Waals surface area contributed by atoms with Crippen molar-refractivity contribution in [3.05, 3.63) is 35.9 Å². The van der Waals surface area contributed by atoms with Crippen molar-refractivity contribution in [3.8, 4) is 5.75 Å². The standard InChI is InChI=1S/C21H30NO3/c1-22-14-6-5-10-19(22)18(9-7-15-22)16-25-21(23)13-12-17-8-3-4-11-20(17)24-2/h3-4,8,11-13,18-19H,5-7,9-10,14-16H2,1-2H3/q+1/b13-12+/t18-,19+,22-/m0/s1. The Hall–Kier alpha value is -1.81. The van der Waals surface area contributed by atoms with Crippen LogP contribution in [0, 0.1) is 5.92 Å². The van der Waals surface area contributed by atoms with Gasteiger partial charge in [0.2, 0.25) is 0 Å². The number of ether oxygens (including phenoxy) is 2. The van der Waals surface area contributed by atoms with Crippen LogP contribution < -0.4 is 4.74 Å². The van der Waals surface area contributed by atoms with E-state index in [1.165, 1.54) is 55.8 Å². The molecule has 0 bridgehead atoms. The van der Waals surface area contributed by atoms with Crippen LogP contribution in [0.25, 0.3) is 6.08 Å². The zero-order valence-electron chi connectivity index (χ0n) is 15.4. The Bertz CT molecular complexity index is 623. The Morgan fingerprint density at radius 1 is 1.20 bits per heavy atom. The zero-order valence-corrected chi connectivity index (χ0v) is 15.4. The predicted octanol–water partition coefficient (Wildman–Crippen LogP) is 3.66. The molecule has 136 valence electrons. The van der Waals surface area contributed by atoms with Crippen molar-refractivity contribution in [2.45, 2.75) is 38.1 Å². The average molecular weight is 344 g/mol. The first-order chi connectivity index (χ1) is 12.1. The molecule has 3 rings (SSSR count). The topological polar surface area (TPSA) is 35.5 Å². The number of rotatable bonds is 5. The number of nitrogens with zero attached hydrogens (tertiary/aromatic N) is 1. The molecule has 2 saturated heterocycles. The lowest BCUT2D eigenvalue weighted by Crippen LogP contribution is -2.61. The van der Waals surface area contributed by atoms with E-state index >= 15 is 0 Å². The van der Waals surface area contributed by atoms with E-state index in [0.29, 0.717) is 18.6 Å². The fourth-order valence-electron chi connectivity index (χ4n) is 4.63. The first-order valence-corrected chi connectivity index (χ1v) is 9.44. The summed E-state index contributed by atoms with van der Waals surface area (Å²) in [5.74, 6) is 0.998. The maximum atomic E-state index is 12.1. The van der Waals surface area contributed by atoms with Crippen LogP contribution in [-0.2, 0) is 9.53 Å². The number of para-hydroxylation sites is 1. The Kier molecular flexibility index (Phi) is 5.79. The van der Waals surface area contributed by atoms with Gasteiger partial charge in [-0.2, -0.15) is 0 Å². The van der Waals surface area contributed by atoms with E-state index in [4.69, 9.17) is 9.47 Å². The molecule has 0 amide bonds. The molecular formula is C21H30NO3+. The van der Waals surface area contributed by atoms with E-state index in [0.717, 1.165) is 11.3 Å². The summed E-state index contributed by atoms with van der Waals surface area (Å²) >= 11 is 0. The van der Waals surface area contributed by atoms with Crippen molar-refractivity contribution in [1.29, 1.82) is 0 Å². The van der Waals surface area contributed by atoms with Gasteiger partial charge in [0.05, 0.1) is 33.3 Å². The lowest BCUT2D eigenvalue weighted by atomic mass is 9.82. The summed E-state index contributed by atoms with van der Waals surface area (Å²) < 4.78 is 12.1. The highest BCUT2D eigenvalue weighted by atomic mass is 16.5. The van der Waals surface area contributed by atoms with Gasteiger partial charge in [-0.3, -0.25) is 0 Å². The summed E-state index contributed by atoms with van der Waals surface area (Å²) in [5.41, 5.74) is 0.885. The van der Waals surface area contributed by atoms with Crippen LogP contribution in [0.2, 0.25) is 0 Å². The minimum absolute atomic E-state index is 0.263. The molecule has 2 fully saturated rings. The van der Waals surface area contributed by atoms with Crippen LogP contribution in [0.15, 0.2) is 30.3 Å². The van der Waals surface area contributed by atoms with Crippen molar-refractivity contribution in [3.63, 3.8) is 0 Å². The van der Waals surface area contributed by atoms with Crippen molar-refractivity contribution in [1.82, 2.24) is 0 Å². The maximum absolute atomic E-state index is 12.1. The Morgan fingerprint density at radius 3 is 2.84 bits per heavy atom. The number of methoxy groups -OCH3 is 1. The molecule has 2 aliphatic rings. The van der Waals surface area contributed by atoms with Crippen molar-refractivity contribution < 1.29 is 18.8 Å². The second kappa shape index (κ2) is 8.05. The summed E-state index contributed by atoms with van der Waals surface area (Å²) in [6.45, 7) is 3.11. The zero-order chi connectivity index (χ0) is 17.7. The van der Waals surface area contributed by atoms with Gasteiger partial charge in [0.1, 0.15) is 12.4 Å². The van der Waals surface area contributed by atoms with E-state index in [-0.39, 0.29) is 5.97 Å². The smallest absolute Gasteiger partial charge is 0.330 e. The lowest BCUT2D eigenvalue weighted by molar-refractivity contribution is -0.947. The van der Waals surface area contributed by atoms with E-state index in [1.54, 1.807) is 13.2 Å². The second-order valence-electron chi connectivity index (χ2n) is 7.60. The number of benzene rings is 1. The Balaban J connectivity index is 1.56. The molecule has 0 radical (unpaired) electrons. The van der Waals surface area contributed by atoms with Gasteiger partial charge >= 0.3 is 5.97 Å². The molecule has 0 unspecified atom stereocenters. The van der Waals surface area contributed by atoms with Crippen LogP contribution >= 0.6 is 0 Å². The van der Waals surface area contributed by atoms with Gasteiger partial charge < -0.3 is 14.0 Å². The molecule has 3 atom stereocenters. The Morgan fingerprint density at radius 2 is 2.00 bits per heavy atom. The minimum Gasteiger partial charge on any atom is -0.496 e. The van der Waals surface area contributed by atoms with Gasteiger partial charge in [-0.25, -0.2) is 4.79 Å². The Labute approximate surface area is 151 Å². The molecule has 0 saturated carbocycles. The first kappa shape index (κ1) is 18.0. The first-order valence-electron chi connectivity index (χ1n) is 9.44. The molecule has 0 aromatic heterocycles. The second-order valence-corrected chi connectivity index (χ2v) is 7.60. The summed E-state index contributed by atoms with van der Waals surface area (Å²) in [4.78, 5) is 12.1. The fraction of sp³-hybridized carbons (Fsp3) is 0.571. The third-order valence-electron chi connectivity index (χ3n) is 5.99. The highest BCUT2D eigenvalue weighted by Crippen LogP contribution is 2.36. The number of carbonyl (C=O) groups is 1. The molecule has 0 spiro atoms. The largest absolute Gasteiger partial charge is 0.496 e. The quantitative estimate of drug-likeness (QED) is 0.464. The highest BCUT2D eigenvalue weighted by Gasteiger charge is 2.43. The third-order valence-corrected chi connectivity index (χ3v) is 5.99. The van der Waals surface area contributed by atoms with Gasteiger partial charge in [-0.15, -0.1) is 0 Å². The average Bonchev–Trinajstić information content (AvgIpc) is 2.64. The van der Waals surface area contributed by atoms with E-state index < -0.39 is 0 Å². The van der Waals surface area contributed by atoms with Gasteiger partial charge in [-0.05, 0) is 37.8 Å². The molecule has 4 heteroatoms. The summed E-state index contributed by atoms with van der Waals surface area (Å²) in [5, 5.41) is 0. The number of carbonyl (C=O) groups excluding carboxylic acids is 1. The SMILES string of the molecule is COc1ccccc1/C=C/C(=O)OC[C@@H]1CCC[N@+]2(C)CCCC[C@H]12. The van der Waals surface area contributed by atoms with Crippen molar-refractivity contribution in [2.75, 3.05) is 33.9 Å². The van der Waals surface area contributed by atoms with E-state index in [1.807, 2.05) is 24.3 Å². The highest BCUT2D eigenvalue weighted by molar-refractivity contribution is 5.87. The third kappa shape index (κ3) is 4.24. The fourth-order valence-corrected chi connectivity index (χ4v) is 4.63. The van der Waals surface area contributed by atoms with Crippen LogP contribution in [-0.4, -0.2) is 50.3 Å². The molecule has 2 heterocycles. The van der Waals surface area contributed by atoms with Crippen molar-refractivity contribution >= 4 is 12.0 Å².